The molecule has 2 aliphatic rings. The van der Waals surface area contributed by atoms with Gasteiger partial charge in [0.1, 0.15) is 4.90 Å². The topological polar surface area (TPSA) is 132 Å². The molecule has 2 aromatic carbocycles. The van der Waals surface area contributed by atoms with E-state index in [1.807, 2.05) is 55.0 Å². The molecule has 0 saturated carbocycles. The van der Waals surface area contributed by atoms with Crippen LogP contribution in [-0.2, 0) is 14.8 Å². The van der Waals surface area contributed by atoms with Gasteiger partial charge >= 0.3 is 0 Å². The number of hydrogen-bond acceptors (Lipinski definition) is 9. The van der Waals surface area contributed by atoms with Crippen LogP contribution in [0.4, 0.5) is 17.1 Å². The molecule has 0 aromatic heterocycles. The molecule has 2 saturated heterocycles. The molecule has 1 atom stereocenters. The van der Waals surface area contributed by atoms with Crippen LogP contribution in [-0.4, -0.2) is 99.0 Å². The third kappa shape index (κ3) is 7.03. The van der Waals surface area contributed by atoms with Gasteiger partial charge in [0, 0.05) is 75.7 Å². The Morgan fingerprint density at radius 3 is 2.51 bits per heavy atom. The first-order valence-electron chi connectivity index (χ1n) is 14.0. The fourth-order valence-corrected chi connectivity index (χ4v) is 6.93. The molecule has 0 radical (unpaired) electrons. The van der Waals surface area contributed by atoms with Gasteiger partial charge in [-0.25, -0.2) is 8.42 Å². The molecule has 4 rings (SSSR count). The first kappa shape index (κ1) is 30.4. The lowest BCUT2D eigenvalue weighted by molar-refractivity contribution is -0.385. The van der Waals surface area contributed by atoms with Crippen LogP contribution in [0.1, 0.15) is 32.3 Å². The minimum atomic E-state index is -4.00. The summed E-state index contributed by atoms with van der Waals surface area (Å²) in [6, 6.07) is 11.4. The van der Waals surface area contributed by atoms with E-state index in [4.69, 9.17) is 0 Å². The third-order valence-electron chi connectivity index (χ3n) is 7.77. The number of likely N-dealkylation sites (N-methyl/N-ethyl adjacent to an activating group) is 1. The summed E-state index contributed by atoms with van der Waals surface area (Å²) in [6.45, 7) is 8.54. The monoisotopic (exact) mass is 585 g/mol. The van der Waals surface area contributed by atoms with Gasteiger partial charge in [0.25, 0.3) is 5.69 Å². The number of carbonyl (C=O) groups is 1. The highest BCUT2D eigenvalue weighted by Crippen LogP contribution is 2.30. The molecule has 0 bridgehead atoms. The number of sulfonamides is 1. The number of nitrogens with one attached hydrogen (secondary N) is 1. The molecule has 0 aliphatic carbocycles. The molecule has 2 heterocycles. The molecule has 12 nitrogen and oxygen atoms in total. The fourth-order valence-electron chi connectivity index (χ4n) is 5.34. The summed E-state index contributed by atoms with van der Waals surface area (Å²) in [5, 5.41) is 15.8. The Kier molecular flexibility index (Phi) is 9.94. The molecule has 2 aromatic rings. The fraction of sp³-hybridized carbons (Fsp3) is 0.500. The van der Waals surface area contributed by atoms with E-state index in [1.54, 1.807) is 6.21 Å². The minimum Gasteiger partial charge on any atom is -0.370 e. The van der Waals surface area contributed by atoms with Crippen LogP contribution in [0.2, 0.25) is 0 Å². The number of hydrogen-bond donors (Lipinski definition) is 1. The molecule has 2 aliphatic heterocycles. The zero-order chi connectivity index (χ0) is 29.6. The molecule has 13 heteroatoms. The summed E-state index contributed by atoms with van der Waals surface area (Å²) in [5.41, 5.74) is 4.41. The first-order chi connectivity index (χ1) is 19.6. The van der Waals surface area contributed by atoms with E-state index in [0.29, 0.717) is 45.8 Å². The zero-order valence-electron chi connectivity index (χ0n) is 23.9. The van der Waals surface area contributed by atoms with Gasteiger partial charge in [-0.1, -0.05) is 18.2 Å². The lowest BCUT2D eigenvalue weighted by Crippen LogP contribution is -2.47. The van der Waals surface area contributed by atoms with Crippen LogP contribution in [0.3, 0.4) is 0 Å². The summed E-state index contributed by atoms with van der Waals surface area (Å²) in [4.78, 5) is 29.8. The van der Waals surface area contributed by atoms with E-state index in [1.165, 1.54) is 16.4 Å². The summed E-state index contributed by atoms with van der Waals surface area (Å²) in [6.07, 6.45) is 3.37. The number of non-ortho nitro benzene ring substituents is 1. The number of nitrogens with zero attached hydrogens (tertiary/aromatic N) is 6. The van der Waals surface area contributed by atoms with Gasteiger partial charge < -0.3 is 14.7 Å². The van der Waals surface area contributed by atoms with Gasteiger partial charge in [-0.15, -0.1) is 0 Å². The van der Waals surface area contributed by atoms with Crippen molar-refractivity contribution in [3.8, 4) is 0 Å². The van der Waals surface area contributed by atoms with Crippen LogP contribution in [0, 0.1) is 16.0 Å². The molecule has 1 N–H and O–H groups in total. The number of nitro groups is 1. The second-order valence-corrected chi connectivity index (χ2v) is 12.3. The summed E-state index contributed by atoms with van der Waals surface area (Å²) in [7, 11) is -2.08. The van der Waals surface area contributed by atoms with Crippen molar-refractivity contribution in [2.75, 3.05) is 69.7 Å². The number of para-hydroxylation sites is 1. The number of benzene rings is 2. The minimum absolute atomic E-state index is 0.0748. The SMILES string of the molecule is CCN(CC)C(=O)C1CCCN(c2ccccc2/C=N/Nc2ccc([N+](=O)[O-])cc2S(=O)(=O)N2CCN(C)CC2)C1. The maximum atomic E-state index is 13.5. The van der Waals surface area contributed by atoms with E-state index >= 15 is 0 Å². The van der Waals surface area contributed by atoms with Crippen LogP contribution >= 0.6 is 0 Å². The molecule has 2 fully saturated rings. The number of hydrazone groups is 1. The molecular formula is C28H39N7O5S. The number of piperidine rings is 1. The van der Waals surface area contributed by atoms with E-state index < -0.39 is 14.9 Å². The van der Waals surface area contributed by atoms with Crippen molar-refractivity contribution >= 4 is 39.2 Å². The highest BCUT2D eigenvalue weighted by atomic mass is 32.2. The quantitative estimate of drug-likeness (QED) is 0.256. The van der Waals surface area contributed by atoms with E-state index in [9.17, 15) is 23.3 Å². The van der Waals surface area contributed by atoms with Gasteiger partial charge in [-0.05, 0) is 45.9 Å². The smallest absolute Gasteiger partial charge is 0.270 e. The Labute approximate surface area is 241 Å². The molecule has 222 valence electrons. The van der Waals surface area contributed by atoms with E-state index in [2.05, 4.69) is 15.4 Å². The third-order valence-corrected chi connectivity index (χ3v) is 9.71. The Bertz CT molecular complexity index is 1370. The second kappa shape index (κ2) is 13.4. The predicted octanol–water partition coefficient (Wildman–Crippen LogP) is 3.06. The molecule has 1 amide bonds. The maximum Gasteiger partial charge on any atom is 0.270 e. The molecule has 1 unspecified atom stereocenters. The Morgan fingerprint density at radius 2 is 1.83 bits per heavy atom. The van der Waals surface area contributed by atoms with Crippen LogP contribution in [0.5, 0.6) is 0 Å². The van der Waals surface area contributed by atoms with Gasteiger partial charge in [0.05, 0.1) is 22.7 Å². The average Bonchev–Trinajstić information content (AvgIpc) is 2.98. The van der Waals surface area contributed by atoms with Crippen molar-refractivity contribution in [2.24, 2.45) is 11.0 Å². The lowest BCUT2D eigenvalue weighted by atomic mass is 9.95. The summed E-state index contributed by atoms with van der Waals surface area (Å²) >= 11 is 0. The van der Waals surface area contributed by atoms with Crippen molar-refractivity contribution in [3.05, 3.63) is 58.1 Å². The van der Waals surface area contributed by atoms with Crippen molar-refractivity contribution in [1.29, 1.82) is 0 Å². The average molecular weight is 586 g/mol. The number of nitro benzene ring substituents is 1. The van der Waals surface area contributed by atoms with Crippen molar-refractivity contribution in [2.45, 2.75) is 31.6 Å². The van der Waals surface area contributed by atoms with E-state index in [0.717, 1.165) is 36.7 Å². The van der Waals surface area contributed by atoms with Gasteiger partial charge in [0.2, 0.25) is 15.9 Å². The maximum absolute atomic E-state index is 13.5. The van der Waals surface area contributed by atoms with Crippen LogP contribution in [0.15, 0.2) is 52.5 Å². The Balaban J connectivity index is 1.56. The first-order valence-corrected chi connectivity index (χ1v) is 15.5. The van der Waals surface area contributed by atoms with Crippen LogP contribution in [0.25, 0.3) is 0 Å². The van der Waals surface area contributed by atoms with Crippen molar-refractivity contribution in [3.63, 3.8) is 0 Å². The highest BCUT2D eigenvalue weighted by Gasteiger charge is 2.32. The Morgan fingerprint density at radius 1 is 1.12 bits per heavy atom. The van der Waals surface area contributed by atoms with Gasteiger partial charge in [-0.3, -0.25) is 20.3 Å². The number of piperazine rings is 1. The standard InChI is InChI=1S/C28H39N7O5S/c1-4-32(5-2)28(36)23-10-8-14-33(21-23)26-11-7-6-9-22(26)20-29-30-25-13-12-24(35(37)38)19-27(25)41(39,40)34-17-15-31(3)16-18-34/h6-7,9,11-13,19-20,23,30H,4-5,8,10,14-18,21H2,1-3H3/b29-20+. The number of amides is 1. The number of carbonyl (C=O) groups excluding carboxylic acids is 1. The zero-order valence-corrected chi connectivity index (χ0v) is 24.7. The lowest BCUT2D eigenvalue weighted by Gasteiger charge is -2.36. The number of anilines is 2. The largest absolute Gasteiger partial charge is 0.370 e. The van der Waals surface area contributed by atoms with Gasteiger partial charge in [-0.2, -0.15) is 9.41 Å². The molecule has 41 heavy (non-hydrogen) atoms. The normalized spacial score (nSPS) is 18.9. The van der Waals surface area contributed by atoms with Gasteiger partial charge in [0.15, 0.2) is 0 Å². The van der Waals surface area contributed by atoms with Crippen LogP contribution < -0.4 is 10.3 Å². The van der Waals surface area contributed by atoms with Crippen molar-refractivity contribution in [1.82, 2.24) is 14.1 Å². The second-order valence-electron chi connectivity index (χ2n) is 10.4. The predicted molar refractivity (Wildman–Crippen MR) is 160 cm³/mol. The Hall–Kier alpha value is -3.55. The molecular weight excluding hydrogens is 546 g/mol. The highest BCUT2D eigenvalue weighted by molar-refractivity contribution is 7.89. The molecule has 0 spiro atoms. The van der Waals surface area contributed by atoms with E-state index in [-0.39, 0.29) is 28.1 Å². The van der Waals surface area contributed by atoms with Crippen molar-refractivity contribution < 1.29 is 18.1 Å². The summed E-state index contributed by atoms with van der Waals surface area (Å²) < 4.78 is 28.4. The number of rotatable bonds is 10. The summed E-state index contributed by atoms with van der Waals surface area (Å²) in [5.74, 6) is 0.106.